The minimum atomic E-state index is -0.345. The quantitative estimate of drug-likeness (QED) is 0.763. The summed E-state index contributed by atoms with van der Waals surface area (Å²) < 4.78 is 5.34. The van der Waals surface area contributed by atoms with Crippen molar-refractivity contribution in [3.05, 3.63) is 16.1 Å². The first-order valence-electron chi connectivity index (χ1n) is 9.59. The topological polar surface area (TPSA) is 79.3 Å². The highest BCUT2D eigenvalue weighted by molar-refractivity contribution is 7.09. The van der Waals surface area contributed by atoms with E-state index in [-0.39, 0.29) is 11.5 Å². The number of morpholine rings is 1. The molecule has 0 aromatic carbocycles. The predicted octanol–water partition coefficient (Wildman–Crippen LogP) is 0.621. The maximum Gasteiger partial charge on any atom is 0.269 e. The van der Waals surface area contributed by atoms with E-state index in [1.807, 2.05) is 6.92 Å². The van der Waals surface area contributed by atoms with Crippen LogP contribution in [-0.4, -0.2) is 84.5 Å². The van der Waals surface area contributed by atoms with Crippen molar-refractivity contribution in [1.82, 2.24) is 20.1 Å². The first-order valence-corrected chi connectivity index (χ1v) is 10.5. The number of nitrogens with zero attached hydrogens (tertiary/aromatic N) is 4. The molecule has 0 unspecified atom stereocenters. The molecule has 3 aliphatic heterocycles. The Labute approximate surface area is 163 Å². The number of hydrogen-bond donors (Lipinski definition) is 1. The molecule has 4 rings (SSSR count). The zero-order chi connectivity index (χ0) is 18.7. The monoisotopic (exact) mass is 393 g/mol. The summed E-state index contributed by atoms with van der Waals surface area (Å²) in [5.41, 5.74) is 1.28. The van der Waals surface area contributed by atoms with Gasteiger partial charge in [-0.05, 0) is 6.92 Å². The molecule has 27 heavy (non-hydrogen) atoms. The van der Waals surface area contributed by atoms with Crippen molar-refractivity contribution in [3.63, 3.8) is 0 Å². The van der Waals surface area contributed by atoms with E-state index in [2.05, 4.69) is 30.6 Å². The van der Waals surface area contributed by atoms with Crippen LogP contribution in [0.1, 0.15) is 23.5 Å². The van der Waals surface area contributed by atoms with Crippen LogP contribution in [0.3, 0.4) is 0 Å². The van der Waals surface area contributed by atoms with Crippen LogP contribution in [0.15, 0.2) is 10.5 Å². The highest BCUT2D eigenvalue weighted by atomic mass is 32.1. The molecule has 0 aliphatic carbocycles. The SMILES string of the molecule is Cc1nc(CN2CC[C@]3(CC(C(=O)NCCN4CCOCC4)=NO3)C2)cs1. The van der Waals surface area contributed by atoms with Gasteiger partial charge in [-0.1, -0.05) is 5.16 Å². The summed E-state index contributed by atoms with van der Waals surface area (Å²) in [5.74, 6) is -0.103. The molecule has 1 aromatic rings. The summed E-state index contributed by atoms with van der Waals surface area (Å²) in [6.07, 6.45) is 1.48. The van der Waals surface area contributed by atoms with Gasteiger partial charge < -0.3 is 14.9 Å². The van der Waals surface area contributed by atoms with Crippen molar-refractivity contribution in [2.45, 2.75) is 31.9 Å². The molecule has 9 heteroatoms. The molecule has 1 aromatic heterocycles. The van der Waals surface area contributed by atoms with Gasteiger partial charge in [0.15, 0.2) is 5.60 Å². The number of aryl methyl sites for hydroxylation is 1. The zero-order valence-corrected chi connectivity index (χ0v) is 16.6. The van der Waals surface area contributed by atoms with Crippen molar-refractivity contribution >= 4 is 23.0 Å². The normalized spacial score (nSPS) is 26.3. The fourth-order valence-electron chi connectivity index (χ4n) is 3.89. The Morgan fingerprint density at radius 2 is 2.19 bits per heavy atom. The molecule has 3 aliphatic rings. The number of carbonyl (C=O) groups excluding carboxylic acids is 1. The second kappa shape index (κ2) is 8.22. The van der Waals surface area contributed by atoms with E-state index in [1.54, 1.807) is 11.3 Å². The molecule has 4 heterocycles. The molecule has 0 radical (unpaired) electrons. The van der Waals surface area contributed by atoms with Crippen molar-refractivity contribution in [3.8, 4) is 0 Å². The van der Waals surface area contributed by atoms with Crippen LogP contribution in [0, 0.1) is 6.92 Å². The lowest BCUT2D eigenvalue weighted by molar-refractivity contribution is -0.115. The summed E-state index contributed by atoms with van der Waals surface area (Å²) >= 11 is 1.68. The largest absolute Gasteiger partial charge is 0.387 e. The van der Waals surface area contributed by atoms with Crippen molar-refractivity contribution in [2.75, 3.05) is 52.5 Å². The lowest BCUT2D eigenvalue weighted by Crippen LogP contribution is -2.43. The van der Waals surface area contributed by atoms with Gasteiger partial charge in [0.1, 0.15) is 5.71 Å². The minimum Gasteiger partial charge on any atom is -0.387 e. The van der Waals surface area contributed by atoms with E-state index in [4.69, 9.17) is 9.57 Å². The van der Waals surface area contributed by atoms with Gasteiger partial charge >= 0.3 is 0 Å². The molecule has 2 fully saturated rings. The molecular weight excluding hydrogens is 366 g/mol. The van der Waals surface area contributed by atoms with Crippen LogP contribution in [0.2, 0.25) is 0 Å². The van der Waals surface area contributed by atoms with Gasteiger partial charge in [-0.15, -0.1) is 11.3 Å². The average molecular weight is 394 g/mol. The number of hydrogen-bond acceptors (Lipinski definition) is 8. The Balaban J connectivity index is 1.21. The number of thiazole rings is 1. The lowest BCUT2D eigenvalue weighted by Gasteiger charge is -2.26. The number of amides is 1. The Bertz CT molecular complexity index is 703. The Hall–Kier alpha value is -1.55. The molecule has 0 saturated carbocycles. The molecule has 1 amide bonds. The fraction of sp³-hybridized carbons (Fsp3) is 0.722. The van der Waals surface area contributed by atoms with Gasteiger partial charge in [-0.3, -0.25) is 14.6 Å². The maximum atomic E-state index is 12.4. The van der Waals surface area contributed by atoms with E-state index < -0.39 is 0 Å². The summed E-state index contributed by atoms with van der Waals surface area (Å²) in [4.78, 5) is 27.3. The van der Waals surface area contributed by atoms with Gasteiger partial charge in [0, 0.05) is 64.0 Å². The van der Waals surface area contributed by atoms with Crippen molar-refractivity contribution in [2.24, 2.45) is 5.16 Å². The lowest BCUT2D eigenvalue weighted by atomic mass is 9.96. The smallest absolute Gasteiger partial charge is 0.269 e. The molecule has 8 nitrogen and oxygen atoms in total. The van der Waals surface area contributed by atoms with E-state index >= 15 is 0 Å². The molecule has 1 spiro atoms. The Morgan fingerprint density at radius 3 is 2.96 bits per heavy atom. The number of carbonyl (C=O) groups is 1. The predicted molar refractivity (Wildman–Crippen MR) is 103 cm³/mol. The Morgan fingerprint density at radius 1 is 1.33 bits per heavy atom. The number of aromatic nitrogens is 1. The van der Waals surface area contributed by atoms with Crippen LogP contribution in [0.25, 0.3) is 0 Å². The van der Waals surface area contributed by atoms with Gasteiger partial charge in [0.25, 0.3) is 5.91 Å². The third-order valence-electron chi connectivity index (χ3n) is 5.37. The van der Waals surface area contributed by atoms with Crippen molar-refractivity contribution in [1.29, 1.82) is 0 Å². The standard InChI is InChI=1S/C18H27N5O3S/c1-14-20-15(12-27-14)11-23-4-2-18(13-23)10-16(21-26-18)17(24)19-3-5-22-6-8-25-9-7-22/h12H,2-11,13H2,1H3,(H,19,24)/t18-/m0/s1. The van der Waals surface area contributed by atoms with Crippen LogP contribution in [0.4, 0.5) is 0 Å². The van der Waals surface area contributed by atoms with E-state index in [0.717, 1.165) is 69.6 Å². The molecule has 2 saturated heterocycles. The summed E-state index contributed by atoms with van der Waals surface area (Å²) in [6, 6.07) is 0. The number of oxime groups is 1. The highest BCUT2D eigenvalue weighted by Crippen LogP contribution is 2.34. The van der Waals surface area contributed by atoms with Gasteiger partial charge in [0.2, 0.25) is 0 Å². The number of rotatable bonds is 6. The van der Waals surface area contributed by atoms with E-state index in [0.29, 0.717) is 18.7 Å². The van der Waals surface area contributed by atoms with E-state index in [1.165, 1.54) is 0 Å². The molecule has 148 valence electrons. The van der Waals surface area contributed by atoms with Crippen LogP contribution in [0.5, 0.6) is 0 Å². The minimum absolute atomic E-state index is 0.103. The zero-order valence-electron chi connectivity index (χ0n) is 15.8. The third kappa shape index (κ3) is 4.66. The number of nitrogens with one attached hydrogen (secondary N) is 1. The molecule has 1 atom stereocenters. The van der Waals surface area contributed by atoms with Gasteiger partial charge in [-0.25, -0.2) is 4.98 Å². The Kier molecular flexibility index (Phi) is 5.72. The summed E-state index contributed by atoms with van der Waals surface area (Å²) in [7, 11) is 0. The van der Waals surface area contributed by atoms with Crippen LogP contribution < -0.4 is 5.32 Å². The molecule has 0 bridgehead atoms. The first-order chi connectivity index (χ1) is 13.1. The summed E-state index contributed by atoms with van der Waals surface area (Å²) in [5, 5.41) is 10.3. The second-order valence-electron chi connectivity index (χ2n) is 7.52. The second-order valence-corrected chi connectivity index (χ2v) is 8.58. The van der Waals surface area contributed by atoms with E-state index in [9.17, 15) is 4.79 Å². The average Bonchev–Trinajstić information content (AvgIpc) is 3.38. The fourth-order valence-corrected chi connectivity index (χ4v) is 4.49. The van der Waals surface area contributed by atoms with Crippen LogP contribution in [-0.2, 0) is 20.9 Å². The number of ether oxygens (including phenoxy) is 1. The van der Waals surface area contributed by atoms with Gasteiger partial charge in [-0.2, -0.15) is 0 Å². The van der Waals surface area contributed by atoms with Crippen LogP contribution >= 0.6 is 11.3 Å². The van der Waals surface area contributed by atoms with Crippen molar-refractivity contribution < 1.29 is 14.4 Å². The maximum absolute atomic E-state index is 12.4. The number of likely N-dealkylation sites (tertiary alicyclic amines) is 1. The highest BCUT2D eigenvalue weighted by Gasteiger charge is 2.46. The molecule has 1 N–H and O–H groups in total. The third-order valence-corrected chi connectivity index (χ3v) is 6.19. The molecular formula is C18H27N5O3S. The summed E-state index contributed by atoms with van der Waals surface area (Å²) in [6.45, 7) is 9.45. The van der Waals surface area contributed by atoms with Gasteiger partial charge in [0.05, 0.1) is 23.9 Å². The first kappa shape index (κ1) is 18.8.